The van der Waals surface area contributed by atoms with E-state index >= 15 is 0 Å². The number of allylic oxidation sites excluding steroid dienone is 3. The minimum atomic E-state index is -0.601. The van der Waals surface area contributed by atoms with E-state index in [4.69, 9.17) is 0 Å². The second-order valence-corrected chi connectivity index (χ2v) is 8.76. The Kier molecular flexibility index (Phi) is 3.67. The van der Waals surface area contributed by atoms with Gasteiger partial charge in [0.1, 0.15) is 12.0 Å². The summed E-state index contributed by atoms with van der Waals surface area (Å²) in [4.78, 5) is 37.5. The maximum absolute atomic E-state index is 12.9. The van der Waals surface area contributed by atoms with Gasteiger partial charge in [0.05, 0.1) is 0 Å². The molecule has 24 heavy (non-hydrogen) atoms. The largest absolute Gasteiger partial charge is 0.507 e. The highest BCUT2D eigenvalue weighted by Gasteiger charge is 2.62. The van der Waals surface area contributed by atoms with Crippen LogP contribution in [0.3, 0.4) is 0 Å². The fourth-order valence-electron chi connectivity index (χ4n) is 5.72. The van der Waals surface area contributed by atoms with Crippen LogP contribution in [0.15, 0.2) is 22.5 Å². The molecule has 4 heteroatoms. The van der Waals surface area contributed by atoms with Crippen LogP contribution in [0, 0.1) is 28.6 Å². The first-order valence-electron chi connectivity index (χ1n) is 8.80. The topological polar surface area (TPSA) is 71.4 Å². The van der Waals surface area contributed by atoms with Gasteiger partial charge in [-0.05, 0) is 30.1 Å². The molecule has 130 valence electrons. The maximum Gasteiger partial charge on any atom is 0.233 e. The first-order valence-corrected chi connectivity index (χ1v) is 8.80. The quantitative estimate of drug-likeness (QED) is 0.477. The number of carbonyl (C=O) groups is 3. The van der Waals surface area contributed by atoms with Crippen molar-refractivity contribution in [2.75, 3.05) is 0 Å². The summed E-state index contributed by atoms with van der Waals surface area (Å²) >= 11 is 0. The monoisotopic (exact) mass is 330 g/mol. The van der Waals surface area contributed by atoms with Crippen LogP contribution in [0.25, 0.3) is 0 Å². The minimum Gasteiger partial charge on any atom is -0.507 e. The first kappa shape index (κ1) is 17.1. The minimum absolute atomic E-state index is 0.0633. The lowest BCUT2D eigenvalue weighted by molar-refractivity contribution is -0.134. The molecule has 3 aliphatic rings. The van der Waals surface area contributed by atoms with E-state index in [2.05, 4.69) is 13.8 Å². The highest BCUT2D eigenvalue weighted by atomic mass is 16.3. The van der Waals surface area contributed by atoms with E-state index in [1.807, 2.05) is 6.92 Å². The average Bonchev–Trinajstić information content (AvgIpc) is 2.74. The number of aliphatic hydroxyl groups is 1. The molecule has 0 aromatic carbocycles. The first-order chi connectivity index (χ1) is 11.1. The van der Waals surface area contributed by atoms with Crippen LogP contribution in [0.2, 0.25) is 0 Å². The number of rotatable bonds is 2. The molecule has 3 aliphatic carbocycles. The predicted molar refractivity (Wildman–Crippen MR) is 90.3 cm³/mol. The summed E-state index contributed by atoms with van der Waals surface area (Å²) in [6.45, 7) is 9.81. The number of aldehydes is 1. The summed E-state index contributed by atoms with van der Waals surface area (Å²) < 4.78 is 0. The number of hydrogen-bond acceptors (Lipinski definition) is 4. The summed E-state index contributed by atoms with van der Waals surface area (Å²) in [5, 5.41) is 10.8. The molecule has 3 unspecified atom stereocenters. The van der Waals surface area contributed by atoms with Crippen molar-refractivity contribution in [3.63, 3.8) is 0 Å². The van der Waals surface area contributed by atoms with Gasteiger partial charge in [-0.15, -0.1) is 0 Å². The highest BCUT2D eigenvalue weighted by molar-refractivity contribution is 6.51. The van der Waals surface area contributed by atoms with Crippen molar-refractivity contribution in [3.8, 4) is 0 Å². The molecule has 0 spiro atoms. The molecule has 3 rings (SSSR count). The molecular formula is C20H26O4. The Labute approximate surface area is 143 Å². The van der Waals surface area contributed by atoms with Gasteiger partial charge in [-0.25, -0.2) is 0 Å². The van der Waals surface area contributed by atoms with E-state index in [9.17, 15) is 19.5 Å². The number of ketones is 2. The molecule has 0 bridgehead atoms. The summed E-state index contributed by atoms with van der Waals surface area (Å²) in [5.74, 6) is -2.07. The fourth-order valence-corrected chi connectivity index (χ4v) is 5.72. The van der Waals surface area contributed by atoms with Gasteiger partial charge < -0.3 is 9.90 Å². The Morgan fingerprint density at radius 2 is 1.75 bits per heavy atom. The lowest BCUT2D eigenvalue weighted by Gasteiger charge is -2.49. The van der Waals surface area contributed by atoms with Crippen LogP contribution in [0.5, 0.6) is 0 Å². The second kappa shape index (κ2) is 5.14. The maximum atomic E-state index is 12.9. The van der Waals surface area contributed by atoms with Crippen molar-refractivity contribution < 1.29 is 19.5 Å². The van der Waals surface area contributed by atoms with Gasteiger partial charge in [0.2, 0.25) is 11.6 Å². The molecule has 1 saturated carbocycles. The van der Waals surface area contributed by atoms with Crippen LogP contribution >= 0.6 is 0 Å². The number of carbonyl (C=O) groups excluding carboxylic acids is 3. The molecule has 0 radical (unpaired) electrons. The van der Waals surface area contributed by atoms with E-state index in [0.29, 0.717) is 11.1 Å². The van der Waals surface area contributed by atoms with E-state index in [0.717, 1.165) is 25.5 Å². The Balaban J connectivity index is 2.31. The zero-order valence-corrected chi connectivity index (χ0v) is 15.1. The van der Waals surface area contributed by atoms with Crippen molar-refractivity contribution in [1.29, 1.82) is 0 Å². The third-order valence-corrected chi connectivity index (χ3v) is 6.49. The van der Waals surface area contributed by atoms with Crippen molar-refractivity contribution >= 4 is 17.9 Å². The SMILES string of the molecule is CC(C)C1=C(O)C2=C(C(=O)C1=O)C1(C)CCCC(C)(C)C1C2C=O. The zero-order chi connectivity index (χ0) is 18.0. The highest BCUT2D eigenvalue weighted by Crippen LogP contribution is 2.65. The van der Waals surface area contributed by atoms with E-state index < -0.39 is 22.9 Å². The van der Waals surface area contributed by atoms with Gasteiger partial charge in [-0.3, -0.25) is 9.59 Å². The van der Waals surface area contributed by atoms with Crippen molar-refractivity contribution in [1.82, 2.24) is 0 Å². The van der Waals surface area contributed by atoms with Crippen LogP contribution in [0.4, 0.5) is 0 Å². The van der Waals surface area contributed by atoms with Crippen LogP contribution in [0.1, 0.15) is 53.9 Å². The average molecular weight is 330 g/mol. The van der Waals surface area contributed by atoms with E-state index in [1.54, 1.807) is 13.8 Å². The molecule has 0 aliphatic heterocycles. The summed E-state index contributed by atoms with van der Waals surface area (Å²) in [7, 11) is 0. The Morgan fingerprint density at radius 1 is 1.12 bits per heavy atom. The molecule has 0 saturated heterocycles. The summed E-state index contributed by atoms with van der Waals surface area (Å²) in [6, 6.07) is 0. The molecule has 0 amide bonds. The van der Waals surface area contributed by atoms with Crippen molar-refractivity contribution in [2.24, 2.45) is 28.6 Å². The van der Waals surface area contributed by atoms with Crippen LogP contribution < -0.4 is 0 Å². The molecule has 1 fully saturated rings. The Hall–Kier alpha value is -1.71. The standard InChI is InChI=1S/C20H26O4/c1-10(2)12-15(22)13-11(9-21)18-19(3,4)7-6-8-20(18,5)14(13)17(24)16(12)23/h9-11,18,22H,6-8H2,1-5H3. The van der Waals surface area contributed by atoms with Gasteiger partial charge >= 0.3 is 0 Å². The van der Waals surface area contributed by atoms with E-state index in [1.165, 1.54) is 0 Å². The Bertz CT molecular complexity index is 707. The van der Waals surface area contributed by atoms with Crippen LogP contribution in [-0.4, -0.2) is 23.0 Å². The summed E-state index contributed by atoms with van der Waals surface area (Å²) in [6.07, 6.45) is 3.57. The molecule has 3 atom stereocenters. The van der Waals surface area contributed by atoms with Gasteiger partial charge in [-0.1, -0.05) is 41.0 Å². The lowest BCUT2D eigenvalue weighted by Crippen LogP contribution is -2.45. The second-order valence-electron chi connectivity index (χ2n) is 8.76. The molecule has 1 N–H and O–H groups in total. The predicted octanol–water partition coefficient (Wildman–Crippen LogP) is 3.56. The number of hydrogen-bond donors (Lipinski definition) is 1. The van der Waals surface area contributed by atoms with Crippen molar-refractivity contribution in [2.45, 2.75) is 53.9 Å². The van der Waals surface area contributed by atoms with Gasteiger partial charge in [0.15, 0.2) is 0 Å². The number of Topliss-reactive ketones (excluding diaryl/α,β-unsaturated/α-hetero) is 2. The fraction of sp³-hybridized carbons (Fsp3) is 0.650. The number of aliphatic hydroxyl groups excluding tert-OH is 1. The van der Waals surface area contributed by atoms with Gasteiger partial charge in [-0.2, -0.15) is 0 Å². The number of fused-ring (bicyclic) bond motifs is 2. The smallest absolute Gasteiger partial charge is 0.233 e. The van der Waals surface area contributed by atoms with Gasteiger partial charge in [0, 0.05) is 28.1 Å². The third kappa shape index (κ3) is 1.95. The Morgan fingerprint density at radius 3 is 2.29 bits per heavy atom. The third-order valence-electron chi connectivity index (χ3n) is 6.49. The molecule has 0 aromatic rings. The molecule has 4 nitrogen and oxygen atoms in total. The summed E-state index contributed by atoms with van der Waals surface area (Å²) in [5.41, 5.74) is 0.347. The van der Waals surface area contributed by atoms with E-state index in [-0.39, 0.29) is 28.6 Å². The lowest BCUT2D eigenvalue weighted by atomic mass is 9.54. The zero-order valence-electron chi connectivity index (χ0n) is 15.1. The van der Waals surface area contributed by atoms with Crippen LogP contribution in [-0.2, 0) is 14.4 Å². The normalized spacial score (nSPS) is 35.4. The van der Waals surface area contributed by atoms with Gasteiger partial charge in [0.25, 0.3) is 0 Å². The molecule has 0 aromatic heterocycles. The molecule has 0 heterocycles. The molecular weight excluding hydrogens is 304 g/mol. The van der Waals surface area contributed by atoms with Crippen molar-refractivity contribution in [3.05, 3.63) is 22.5 Å².